The zero-order valence-electron chi connectivity index (χ0n) is 16.1. The van der Waals surface area contributed by atoms with Crippen molar-refractivity contribution in [3.63, 3.8) is 0 Å². The van der Waals surface area contributed by atoms with Crippen LogP contribution >= 0.6 is 0 Å². The summed E-state index contributed by atoms with van der Waals surface area (Å²) >= 11 is 0. The lowest BCUT2D eigenvalue weighted by molar-refractivity contribution is -0.266. The summed E-state index contributed by atoms with van der Waals surface area (Å²) in [5.41, 5.74) is 0. The molecule has 0 aliphatic rings. The summed E-state index contributed by atoms with van der Waals surface area (Å²) in [6, 6.07) is 0. The number of alkyl halides is 5. The molecule has 0 fully saturated rings. The van der Waals surface area contributed by atoms with Gasteiger partial charge in [0.15, 0.2) is 14.7 Å². The lowest BCUT2D eigenvalue weighted by atomic mass is 10.2. The van der Waals surface area contributed by atoms with Gasteiger partial charge in [-0.2, -0.15) is 22.0 Å². The Morgan fingerprint density at radius 2 is 1.36 bits per heavy atom. The second kappa shape index (κ2) is 11.3. The topological polar surface area (TPSA) is 101 Å². The standard InChI is InChI=1S/C9H9F5O6S.C6H15N/c1-3-20-7(17)4(15)5(21(2,18)19)6(16)8(10,11)9(12,13)14;1-4-7(5-2)6-3/h15H,3H2,1-2H3;4-6H2,1-3H3/b5-4+;. The molecule has 0 aromatic rings. The molecule has 28 heavy (non-hydrogen) atoms. The van der Waals surface area contributed by atoms with E-state index in [-0.39, 0.29) is 6.26 Å². The maximum absolute atomic E-state index is 12.9. The lowest BCUT2D eigenvalue weighted by Crippen LogP contribution is -2.46. The second-order valence-corrected chi connectivity index (χ2v) is 7.14. The van der Waals surface area contributed by atoms with E-state index in [1.54, 1.807) is 0 Å². The van der Waals surface area contributed by atoms with Crippen LogP contribution in [0.2, 0.25) is 0 Å². The van der Waals surface area contributed by atoms with Gasteiger partial charge in [0.2, 0.25) is 5.76 Å². The molecule has 0 aliphatic heterocycles. The first kappa shape index (κ1) is 28.4. The number of carbonyl (C=O) groups is 2. The number of aliphatic hydroxyl groups excluding tert-OH is 1. The number of hydrogen-bond donors (Lipinski definition) is 1. The molecule has 7 nitrogen and oxygen atoms in total. The minimum Gasteiger partial charge on any atom is -0.501 e. The van der Waals surface area contributed by atoms with E-state index < -0.39 is 51.0 Å². The van der Waals surface area contributed by atoms with E-state index in [9.17, 15) is 40.0 Å². The van der Waals surface area contributed by atoms with Crippen molar-refractivity contribution >= 4 is 21.6 Å². The molecule has 0 saturated heterocycles. The normalized spacial score (nSPS) is 13.4. The van der Waals surface area contributed by atoms with Crippen molar-refractivity contribution in [2.24, 2.45) is 0 Å². The number of nitrogens with zero attached hydrogens (tertiary/aromatic N) is 1. The van der Waals surface area contributed by atoms with Crippen molar-refractivity contribution < 1.29 is 49.8 Å². The van der Waals surface area contributed by atoms with Crippen molar-refractivity contribution in [3.8, 4) is 0 Å². The maximum Gasteiger partial charge on any atom is 0.461 e. The van der Waals surface area contributed by atoms with Gasteiger partial charge >= 0.3 is 18.1 Å². The van der Waals surface area contributed by atoms with E-state index in [1.165, 1.54) is 26.6 Å². The van der Waals surface area contributed by atoms with Gasteiger partial charge in [-0.15, -0.1) is 0 Å². The zero-order chi connectivity index (χ0) is 22.9. The van der Waals surface area contributed by atoms with Crippen molar-refractivity contribution in [1.82, 2.24) is 4.90 Å². The van der Waals surface area contributed by atoms with Crippen molar-refractivity contribution in [1.29, 1.82) is 0 Å². The summed E-state index contributed by atoms with van der Waals surface area (Å²) in [5.74, 6) is -13.5. The predicted octanol–water partition coefficient (Wildman–Crippen LogP) is 2.48. The number of esters is 1. The Hall–Kier alpha value is -1.76. The number of halogens is 5. The van der Waals surface area contributed by atoms with Crippen LogP contribution in [0.3, 0.4) is 0 Å². The average Bonchev–Trinajstić information content (AvgIpc) is 2.54. The molecule has 0 atom stereocenters. The predicted molar refractivity (Wildman–Crippen MR) is 90.6 cm³/mol. The van der Waals surface area contributed by atoms with E-state index >= 15 is 0 Å². The Bertz CT molecular complexity index is 663. The van der Waals surface area contributed by atoms with Crippen LogP contribution in [0.4, 0.5) is 22.0 Å². The molecule has 0 spiro atoms. The number of sulfone groups is 1. The molecule has 166 valence electrons. The first-order valence-electron chi connectivity index (χ1n) is 8.04. The number of ketones is 1. The van der Waals surface area contributed by atoms with Gasteiger partial charge in [-0.25, -0.2) is 13.2 Å². The van der Waals surface area contributed by atoms with Crippen LogP contribution < -0.4 is 0 Å². The van der Waals surface area contributed by atoms with Gasteiger partial charge in [0, 0.05) is 6.26 Å². The Balaban J connectivity index is 0. The van der Waals surface area contributed by atoms with Crippen molar-refractivity contribution in [2.75, 3.05) is 32.5 Å². The third kappa shape index (κ3) is 8.09. The van der Waals surface area contributed by atoms with Crippen LogP contribution in [0.1, 0.15) is 27.7 Å². The Morgan fingerprint density at radius 3 is 1.57 bits per heavy atom. The highest BCUT2D eigenvalue weighted by Crippen LogP contribution is 2.39. The Morgan fingerprint density at radius 1 is 0.964 bits per heavy atom. The van der Waals surface area contributed by atoms with Crippen LogP contribution in [0.15, 0.2) is 10.7 Å². The molecular formula is C15H24F5NO6S. The minimum atomic E-state index is -6.41. The number of carbonyl (C=O) groups excluding carboxylic acids is 2. The first-order chi connectivity index (χ1) is 12.5. The van der Waals surface area contributed by atoms with Crippen molar-refractivity contribution in [3.05, 3.63) is 10.7 Å². The fourth-order valence-corrected chi connectivity index (χ4v) is 2.59. The molecule has 0 aromatic carbocycles. The molecule has 0 bridgehead atoms. The van der Waals surface area contributed by atoms with E-state index in [4.69, 9.17) is 5.11 Å². The zero-order valence-corrected chi connectivity index (χ0v) is 16.9. The van der Waals surface area contributed by atoms with Crippen LogP contribution in [-0.4, -0.2) is 74.8 Å². The van der Waals surface area contributed by atoms with Crippen molar-refractivity contribution in [2.45, 2.75) is 39.8 Å². The average molecular weight is 441 g/mol. The first-order valence-corrected chi connectivity index (χ1v) is 9.93. The molecule has 13 heteroatoms. The van der Waals surface area contributed by atoms with Gasteiger partial charge in [-0.05, 0) is 26.6 Å². The molecular weight excluding hydrogens is 417 g/mol. The molecule has 0 rings (SSSR count). The van der Waals surface area contributed by atoms with Gasteiger partial charge in [-0.1, -0.05) is 20.8 Å². The number of Topliss-reactive ketones (excluding diaryl/α,β-unsaturated/α-hetero) is 1. The number of allylic oxidation sites excluding steroid dienone is 1. The molecule has 0 unspecified atom stereocenters. The molecule has 0 radical (unpaired) electrons. The fourth-order valence-electron chi connectivity index (χ4n) is 1.69. The number of ether oxygens (including phenoxy) is 1. The minimum absolute atomic E-state index is 0.0716. The van der Waals surface area contributed by atoms with Gasteiger partial charge in [0.1, 0.15) is 0 Å². The lowest BCUT2D eigenvalue weighted by Gasteiger charge is -2.19. The molecule has 1 N–H and O–H groups in total. The summed E-state index contributed by atoms with van der Waals surface area (Å²) in [6.07, 6.45) is -6.34. The highest BCUT2D eigenvalue weighted by molar-refractivity contribution is 7.95. The summed E-state index contributed by atoms with van der Waals surface area (Å²) in [5, 5.41) is 9.15. The molecule has 0 heterocycles. The number of hydrogen-bond acceptors (Lipinski definition) is 7. The quantitative estimate of drug-likeness (QED) is 0.267. The van der Waals surface area contributed by atoms with E-state index in [0.717, 1.165) is 0 Å². The number of rotatable bonds is 8. The molecule has 0 saturated carbocycles. The Labute approximate surface area is 160 Å². The van der Waals surface area contributed by atoms with E-state index in [0.29, 0.717) is 0 Å². The van der Waals surface area contributed by atoms with E-state index in [1.807, 2.05) is 0 Å². The summed E-state index contributed by atoms with van der Waals surface area (Å²) in [4.78, 5) is 22.2. The monoisotopic (exact) mass is 441 g/mol. The highest BCUT2D eigenvalue weighted by atomic mass is 32.2. The molecule has 0 amide bonds. The van der Waals surface area contributed by atoms with E-state index in [2.05, 4.69) is 30.4 Å². The summed E-state index contributed by atoms with van der Waals surface area (Å²) < 4.78 is 88.3. The third-order valence-corrected chi connectivity index (χ3v) is 4.36. The smallest absolute Gasteiger partial charge is 0.461 e. The van der Waals surface area contributed by atoms with Gasteiger partial charge in [0.25, 0.3) is 5.78 Å². The third-order valence-electron chi connectivity index (χ3n) is 3.24. The van der Waals surface area contributed by atoms with Gasteiger partial charge < -0.3 is 14.7 Å². The molecule has 0 aliphatic carbocycles. The highest BCUT2D eigenvalue weighted by Gasteiger charge is 2.65. The van der Waals surface area contributed by atoms with Crippen LogP contribution in [0, 0.1) is 0 Å². The largest absolute Gasteiger partial charge is 0.501 e. The SMILES string of the molecule is CCN(CC)CC.CCOC(=O)/C(O)=C(/C(=O)C(F)(F)C(F)(F)F)S(C)(=O)=O. The maximum atomic E-state index is 12.9. The van der Waals surface area contributed by atoms with Crippen LogP contribution in [0.5, 0.6) is 0 Å². The Kier molecular flexibility index (Phi) is 11.5. The number of aliphatic hydroxyl groups is 1. The van der Waals surface area contributed by atoms with Gasteiger partial charge in [0.05, 0.1) is 6.61 Å². The molecule has 0 aromatic heterocycles. The van der Waals surface area contributed by atoms with Gasteiger partial charge in [-0.3, -0.25) is 4.79 Å². The van der Waals surface area contributed by atoms with Crippen LogP contribution in [0.25, 0.3) is 0 Å². The summed E-state index contributed by atoms with van der Waals surface area (Å²) in [6.45, 7) is 10.8. The summed E-state index contributed by atoms with van der Waals surface area (Å²) in [7, 11) is -5.07. The second-order valence-electron chi connectivity index (χ2n) is 5.19. The van der Waals surface area contributed by atoms with Crippen LogP contribution in [-0.2, 0) is 24.2 Å². The fraction of sp³-hybridized carbons (Fsp3) is 0.733.